The number of halogens is 1. The lowest BCUT2D eigenvalue weighted by atomic mass is 10.3. The summed E-state index contributed by atoms with van der Waals surface area (Å²) in [6.07, 6.45) is 0. The van der Waals surface area contributed by atoms with Gasteiger partial charge in [0.1, 0.15) is 10.6 Å². The Morgan fingerprint density at radius 3 is 2.59 bits per heavy atom. The molecule has 1 aromatic rings. The molecule has 1 aliphatic rings. The molecule has 0 spiro atoms. The van der Waals surface area contributed by atoms with Gasteiger partial charge in [0.05, 0.1) is 0 Å². The molecular formula is C9H9ClO6S. The van der Waals surface area contributed by atoms with Crippen LogP contribution in [0, 0.1) is 0 Å². The van der Waals surface area contributed by atoms with E-state index in [2.05, 4.69) is 0 Å². The van der Waals surface area contributed by atoms with Crippen molar-refractivity contribution in [2.24, 2.45) is 0 Å². The predicted molar refractivity (Wildman–Crippen MR) is 58.1 cm³/mol. The van der Waals surface area contributed by atoms with Crippen molar-refractivity contribution in [3.63, 3.8) is 0 Å². The van der Waals surface area contributed by atoms with Crippen molar-refractivity contribution in [2.75, 3.05) is 20.7 Å². The van der Waals surface area contributed by atoms with Gasteiger partial charge in [0, 0.05) is 29.9 Å². The third-order valence-electron chi connectivity index (χ3n) is 2.03. The standard InChI is InChI=1S/C9H9ClO6S/c1-13-4-14-8-2-6-7(16-5-15-6)3-9(8)17(10,11)12/h2-3H,4-5H2,1H3. The minimum absolute atomic E-state index is 0.0326. The van der Waals surface area contributed by atoms with Crippen molar-refractivity contribution in [2.45, 2.75) is 4.90 Å². The summed E-state index contributed by atoms with van der Waals surface area (Å²) in [7, 11) is 2.79. The van der Waals surface area contributed by atoms with Gasteiger partial charge in [0.15, 0.2) is 18.3 Å². The van der Waals surface area contributed by atoms with E-state index in [9.17, 15) is 8.42 Å². The Bertz CT molecular complexity index is 527. The van der Waals surface area contributed by atoms with Crippen molar-refractivity contribution in [1.82, 2.24) is 0 Å². The van der Waals surface area contributed by atoms with Crippen LogP contribution in [0.25, 0.3) is 0 Å². The first kappa shape index (κ1) is 12.3. The van der Waals surface area contributed by atoms with E-state index in [0.717, 1.165) is 0 Å². The van der Waals surface area contributed by atoms with E-state index in [-0.39, 0.29) is 24.2 Å². The summed E-state index contributed by atoms with van der Waals surface area (Å²) in [6, 6.07) is 2.66. The topological polar surface area (TPSA) is 71.1 Å². The summed E-state index contributed by atoms with van der Waals surface area (Å²) in [5.74, 6) is 0.778. The largest absolute Gasteiger partial charge is 0.466 e. The lowest BCUT2D eigenvalue weighted by Crippen LogP contribution is -2.03. The Kier molecular flexibility index (Phi) is 3.32. The number of benzene rings is 1. The molecule has 6 nitrogen and oxygen atoms in total. The molecule has 8 heteroatoms. The fraction of sp³-hybridized carbons (Fsp3) is 0.333. The third-order valence-corrected chi connectivity index (χ3v) is 3.38. The summed E-state index contributed by atoms with van der Waals surface area (Å²) >= 11 is 0. The van der Waals surface area contributed by atoms with E-state index in [1.165, 1.54) is 19.2 Å². The quantitative estimate of drug-likeness (QED) is 0.612. The Morgan fingerprint density at radius 2 is 2.00 bits per heavy atom. The van der Waals surface area contributed by atoms with Gasteiger partial charge in [-0.1, -0.05) is 0 Å². The average molecular weight is 281 g/mol. The molecule has 1 heterocycles. The van der Waals surface area contributed by atoms with Crippen LogP contribution in [0.4, 0.5) is 0 Å². The maximum atomic E-state index is 11.4. The predicted octanol–water partition coefficient (Wildman–Crippen LogP) is 1.33. The second-order valence-corrected chi connectivity index (χ2v) is 5.68. The molecule has 94 valence electrons. The van der Waals surface area contributed by atoms with E-state index in [4.69, 9.17) is 29.6 Å². The highest BCUT2D eigenvalue weighted by atomic mass is 35.7. The fourth-order valence-corrected chi connectivity index (χ4v) is 2.30. The van der Waals surface area contributed by atoms with Crippen molar-refractivity contribution < 1.29 is 27.4 Å². The monoisotopic (exact) mass is 280 g/mol. The van der Waals surface area contributed by atoms with Crippen LogP contribution in [0.5, 0.6) is 17.2 Å². The molecule has 17 heavy (non-hydrogen) atoms. The first-order chi connectivity index (χ1) is 8.02. The average Bonchev–Trinajstić information content (AvgIpc) is 2.70. The lowest BCUT2D eigenvalue weighted by molar-refractivity contribution is 0.0489. The number of fused-ring (bicyclic) bond motifs is 1. The lowest BCUT2D eigenvalue weighted by Gasteiger charge is -2.09. The highest BCUT2D eigenvalue weighted by molar-refractivity contribution is 8.13. The number of methoxy groups -OCH3 is 1. The van der Waals surface area contributed by atoms with Gasteiger partial charge in [-0.25, -0.2) is 8.42 Å². The Hall–Kier alpha value is -1.18. The minimum atomic E-state index is -3.93. The summed E-state index contributed by atoms with van der Waals surface area (Å²) in [6.45, 7) is -0.0656. The molecule has 0 aromatic heterocycles. The molecule has 0 fully saturated rings. The summed E-state index contributed by atoms with van der Waals surface area (Å²) in [4.78, 5) is -0.180. The molecule has 0 saturated heterocycles. The molecule has 0 unspecified atom stereocenters. The summed E-state index contributed by atoms with van der Waals surface area (Å²) < 4.78 is 42.7. The molecule has 0 amide bonds. The molecule has 1 aliphatic heterocycles. The molecule has 0 N–H and O–H groups in total. The van der Waals surface area contributed by atoms with Crippen molar-refractivity contribution in [1.29, 1.82) is 0 Å². The zero-order chi connectivity index (χ0) is 12.5. The van der Waals surface area contributed by atoms with Crippen LogP contribution in [0.2, 0.25) is 0 Å². The third kappa shape index (κ3) is 2.56. The van der Waals surface area contributed by atoms with Gasteiger partial charge >= 0.3 is 0 Å². The normalized spacial score (nSPS) is 13.8. The summed E-state index contributed by atoms with van der Waals surface area (Å²) in [5.41, 5.74) is 0. The smallest absolute Gasteiger partial charge is 0.265 e. The molecular weight excluding hydrogens is 272 g/mol. The number of rotatable bonds is 4. The molecule has 2 rings (SSSR count). The van der Waals surface area contributed by atoms with E-state index in [1.54, 1.807) is 0 Å². The second kappa shape index (κ2) is 4.59. The van der Waals surface area contributed by atoms with E-state index >= 15 is 0 Å². The zero-order valence-corrected chi connectivity index (χ0v) is 10.4. The van der Waals surface area contributed by atoms with Crippen molar-refractivity contribution in [3.8, 4) is 17.2 Å². The molecule has 0 atom stereocenters. The molecule has 0 radical (unpaired) electrons. The molecule has 0 bridgehead atoms. The van der Waals surface area contributed by atoms with Crippen LogP contribution in [0.1, 0.15) is 0 Å². The van der Waals surface area contributed by atoms with Crippen LogP contribution in [0.3, 0.4) is 0 Å². The van der Waals surface area contributed by atoms with Crippen LogP contribution < -0.4 is 14.2 Å². The van der Waals surface area contributed by atoms with Gasteiger partial charge < -0.3 is 18.9 Å². The highest BCUT2D eigenvalue weighted by Crippen LogP contribution is 2.41. The van der Waals surface area contributed by atoms with E-state index in [1.807, 2.05) is 0 Å². The van der Waals surface area contributed by atoms with Crippen LogP contribution >= 0.6 is 10.7 Å². The SMILES string of the molecule is COCOc1cc2c(cc1S(=O)(=O)Cl)OCO2. The van der Waals surface area contributed by atoms with E-state index < -0.39 is 9.05 Å². The molecule has 0 saturated carbocycles. The van der Waals surface area contributed by atoms with Gasteiger partial charge in [-0.15, -0.1) is 0 Å². The van der Waals surface area contributed by atoms with Crippen molar-refractivity contribution in [3.05, 3.63) is 12.1 Å². The number of hydrogen-bond acceptors (Lipinski definition) is 6. The van der Waals surface area contributed by atoms with Gasteiger partial charge in [0.2, 0.25) is 6.79 Å². The van der Waals surface area contributed by atoms with Crippen LogP contribution in [-0.2, 0) is 13.8 Å². The fourth-order valence-electron chi connectivity index (χ4n) is 1.33. The van der Waals surface area contributed by atoms with Crippen molar-refractivity contribution >= 4 is 19.7 Å². The second-order valence-electron chi connectivity index (χ2n) is 3.14. The maximum absolute atomic E-state index is 11.4. The Labute approximate surface area is 102 Å². The Balaban J connectivity index is 2.47. The van der Waals surface area contributed by atoms with E-state index in [0.29, 0.717) is 11.5 Å². The molecule has 1 aromatic carbocycles. The van der Waals surface area contributed by atoms with Crippen LogP contribution in [0.15, 0.2) is 17.0 Å². The molecule has 0 aliphatic carbocycles. The van der Waals surface area contributed by atoms with Crippen LogP contribution in [-0.4, -0.2) is 29.1 Å². The first-order valence-corrected chi connectivity index (χ1v) is 6.83. The van der Waals surface area contributed by atoms with Gasteiger partial charge in [-0.2, -0.15) is 0 Å². The first-order valence-electron chi connectivity index (χ1n) is 4.52. The number of hydrogen-bond donors (Lipinski definition) is 0. The van der Waals surface area contributed by atoms with Gasteiger partial charge in [-0.05, 0) is 0 Å². The zero-order valence-electron chi connectivity index (χ0n) is 8.80. The van der Waals surface area contributed by atoms with Gasteiger partial charge in [-0.3, -0.25) is 0 Å². The number of ether oxygens (including phenoxy) is 4. The Morgan fingerprint density at radius 1 is 1.35 bits per heavy atom. The summed E-state index contributed by atoms with van der Waals surface area (Å²) in [5, 5.41) is 0. The highest BCUT2D eigenvalue weighted by Gasteiger charge is 2.24. The minimum Gasteiger partial charge on any atom is -0.466 e. The maximum Gasteiger partial charge on any atom is 0.265 e. The van der Waals surface area contributed by atoms with Gasteiger partial charge in [0.25, 0.3) is 9.05 Å².